The number of aromatic nitrogens is 1. The Morgan fingerprint density at radius 3 is 2.50 bits per heavy atom. The maximum Gasteiger partial charge on any atom is 0.191 e. The first-order valence-corrected chi connectivity index (χ1v) is 11.0. The van der Waals surface area contributed by atoms with Gasteiger partial charge in [0, 0.05) is 37.9 Å². The van der Waals surface area contributed by atoms with Crippen LogP contribution in [0.25, 0.3) is 0 Å². The van der Waals surface area contributed by atoms with Gasteiger partial charge in [0.15, 0.2) is 5.96 Å². The van der Waals surface area contributed by atoms with Crippen LogP contribution in [0.5, 0.6) is 0 Å². The highest BCUT2D eigenvalue weighted by atomic mass is 127. The average molecular weight is 521 g/mol. The van der Waals surface area contributed by atoms with Crippen LogP contribution in [-0.2, 0) is 19.5 Å². The van der Waals surface area contributed by atoms with Gasteiger partial charge in [-0.1, -0.05) is 37.3 Å². The zero-order chi connectivity index (χ0) is 20.3. The topological polar surface area (TPSA) is 52.6 Å². The van der Waals surface area contributed by atoms with E-state index < -0.39 is 0 Å². The summed E-state index contributed by atoms with van der Waals surface area (Å²) >= 11 is 0. The first-order chi connectivity index (χ1) is 14.2. The van der Waals surface area contributed by atoms with Gasteiger partial charge in [-0.2, -0.15) is 0 Å². The Kier molecular flexibility index (Phi) is 11.1. The first-order valence-electron chi connectivity index (χ1n) is 11.0. The van der Waals surface area contributed by atoms with Crippen LogP contribution in [0.15, 0.2) is 53.7 Å². The zero-order valence-corrected chi connectivity index (χ0v) is 20.6. The minimum atomic E-state index is 0. The molecule has 0 aliphatic carbocycles. The number of rotatable bonds is 8. The van der Waals surface area contributed by atoms with Crippen molar-refractivity contribution in [3.8, 4) is 0 Å². The quantitative estimate of drug-likeness (QED) is 0.310. The smallest absolute Gasteiger partial charge is 0.191 e. The molecule has 1 aromatic carbocycles. The molecule has 1 aliphatic heterocycles. The van der Waals surface area contributed by atoms with Gasteiger partial charge in [-0.3, -0.25) is 9.88 Å². The third-order valence-corrected chi connectivity index (χ3v) is 5.54. The van der Waals surface area contributed by atoms with E-state index in [1.165, 1.54) is 37.1 Å². The molecular weight excluding hydrogens is 485 g/mol. The Morgan fingerprint density at radius 1 is 1.07 bits per heavy atom. The lowest BCUT2D eigenvalue weighted by molar-refractivity contribution is 0.185. The number of aliphatic imine (C=N–C) groups is 1. The number of guanidine groups is 1. The van der Waals surface area contributed by atoms with Gasteiger partial charge < -0.3 is 10.6 Å². The van der Waals surface area contributed by atoms with E-state index in [0.717, 1.165) is 43.6 Å². The van der Waals surface area contributed by atoms with Crippen molar-refractivity contribution in [1.29, 1.82) is 0 Å². The summed E-state index contributed by atoms with van der Waals surface area (Å²) < 4.78 is 0. The van der Waals surface area contributed by atoms with Gasteiger partial charge in [0.25, 0.3) is 0 Å². The number of benzene rings is 1. The molecule has 164 valence electrons. The summed E-state index contributed by atoms with van der Waals surface area (Å²) in [4.78, 5) is 11.8. The van der Waals surface area contributed by atoms with E-state index >= 15 is 0 Å². The van der Waals surface area contributed by atoms with Crippen molar-refractivity contribution in [2.24, 2.45) is 10.9 Å². The molecule has 3 rings (SSSR count). The highest BCUT2D eigenvalue weighted by Gasteiger charge is 2.16. The largest absolute Gasteiger partial charge is 0.357 e. The number of hydrogen-bond donors (Lipinski definition) is 2. The van der Waals surface area contributed by atoms with Gasteiger partial charge in [0.1, 0.15) is 0 Å². The minimum absolute atomic E-state index is 0. The molecule has 0 saturated carbocycles. The van der Waals surface area contributed by atoms with Crippen molar-refractivity contribution in [3.05, 3.63) is 65.5 Å². The molecule has 30 heavy (non-hydrogen) atoms. The van der Waals surface area contributed by atoms with Crippen molar-refractivity contribution in [2.45, 2.75) is 46.2 Å². The third-order valence-electron chi connectivity index (χ3n) is 5.54. The van der Waals surface area contributed by atoms with Crippen LogP contribution < -0.4 is 10.6 Å². The van der Waals surface area contributed by atoms with E-state index in [2.05, 4.69) is 64.7 Å². The van der Waals surface area contributed by atoms with Crippen molar-refractivity contribution < 1.29 is 0 Å². The highest BCUT2D eigenvalue weighted by Crippen LogP contribution is 2.20. The zero-order valence-electron chi connectivity index (χ0n) is 18.3. The molecule has 0 radical (unpaired) electrons. The van der Waals surface area contributed by atoms with Crippen LogP contribution in [0.3, 0.4) is 0 Å². The molecule has 1 aliphatic rings. The fourth-order valence-corrected chi connectivity index (χ4v) is 3.69. The van der Waals surface area contributed by atoms with Crippen LogP contribution >= 0.6 is 24.0 Å². The molecule has 0 spiro atoms. The lowest BCUT2D eigenvalue weighted by Crippen LogP contribution is -2.38. The van der Waals surface area contributed by atoms with Gasteiger partial charge in [0.05, 0.1) is 6.54 Å². The molecule has 1 aromatic heterocycles. The standard InChI is InChI=1S/C24H35N5.HI/c1-3-25-24(27-15-11-23-10-6-7-14-26-23)28-18-21-8-4-5-9-22(21)19-29-16-12-20(2)13-17-29;/h4-10,14,20H,3,11-13,15-19H2,1-2H3,(H2,25,27,28);1H. The Morgan fingerprint density at radius 2 is 1.80 bits per heavy atom. The summed E-state index contributed by atoms with van der Waals surface area (Å²) in [5, 5.41) is 6.79. The summed E-state index contributed by atoms with van der Waals surface area (Å²) in [7, 11) is 0. The van der Waals surface area contributed by atoms with Crippen LogP contribution in [0.4, 0.5) is 0 Å². The second-order valence-electron chi connectivity index (χ2n) is 7.92. The molecule has 6 heteroatoms. The van der Waals surface area contributed by atoms with Crippen molar-refractivity contribution >= 4 is 29.9 Å². The normalized spacial score (nSPS) is 15.5. The molecule has 2 aromatic rings. The molecule has 0 unspecified atom stereocenters. The van der Waals surface area contributed by atoms with Crippen molar-refractivity contribution in [3.63, 3.8) is 0 Å². The second-order valence-corrected chi connectivity index (χ2v) is 7.92. The van der Waals surface area contributed by atoms with Gasteiger partial charge in [0.2, 0.25) is 0 Å². The highest BCUT2D eigenvalue weighted by molar-refractivity contribution is 14.0. The van der Waals surface area contributed by atoms with E-state index in [1.807, 2.05) is 18.3 Å². The Balaban J connectivity index is 0.00000320. The molecule has 5 nitrogen and oxygen atoms in total. The van der Waals surface area contributed by atoms with Gasteiger partial charge in [-0.05, 0) is 62.0 Å². The number of hydrogen-bond acceptors (Lipinski definition) is 3. The summed E-state index contributed by atoms with van der Waals surface area (Å²) in [5.41, 5.74) is 3.81. The SMILES string of the molecule is CCNC(=NCc1ccccc1CN1CCC(C)CC1)NCCc1ccccn1.I. The molecule has 1 fully saturated rings. The average Bonchev–Trinajstić information content (AvgIpc) is 2.75. The molecular formula is C24H36IN5. The van der Waals surface area contributed by atoms with Crippen LogP contribution in [-0.4, -0.2) is 42.0 Å². The molecule has 2 N–H and O–H groups in total. The summed E-state index contributed by atoms with van der Waals surface area (Å²) in [6, 6.07) is 14.8. The number of halogens is 1. The number of piperidine rings is 1. The summed E-state index contributed by atoms with van der Waals surface area (Å²) in [6.07, 6.45) is 5.35. The Hall–Kier alpha value is -1.67. The van der Waals surface area contributed by atoms with Crippen molar-refractivity contribution in [2.75, 3.05) is 26.2 Å². The monoisotopic (exact) mass is 521 g/mol. The fourth-order valence-electron chi connectivity index (χ4n) is 3.69. The predicted molar refractivity (Wildman–Crippen MR) is 136 cm³/mol. The van der Waals surface area contributed by atoms with E-state index in [9.17, 15) is 0 Å². The van der Waals surface area contributed by atoms with Crippen LogP contribution in [0.2, 0.25) is 0 Å². The van der Waals surface area contributed by atoms with Crippen LogP contribution in [0.1, 0.15) is 43.5 Å². The fraction of sp³-hybridized carbons (Fsp3) is 0.500. The maximum absolute atomic E-state index is 4.84. The van der Waals surface area contributed by atoms with Gasteiger partial charge >= 0.3 is 0 Å². The van der Waals surface area contributed by atoms with Gasteiger partial charge in [-0.15, -0.1) is 24.0 Å². The van der Waals surface area contributed by atoms with Crippen molar-refractivity contribution in [1.82, 2.24) is 20.5 Å². The van der Waals surface area contributed by atoms with Crippen LogP contribution in [0, 0.1) is 5.92 Å². The lowest BCUT2D eigenvalue weighted by atomic mass is 9.98. The Labute approximate surface area is 198 Å². The van der Waals surface area contributed by atoms with Gasteiger partial charge in [-0.25, -0.2) is 4.99 Å². The lowest BCUT2D eigenvalue weighted by Gasteiger charge is -2.30. The van der Waals surface area contributed by atoms with E-state index in [4.69, 9.17) is 4.99 Å². The molecule has 0 atom stereocenters. The summed E-state index contributed by atoms with van der Waals surface area (Å²) in [5.74, 6) is 1.73. The second kappa shape index (κ2) is 13.6. The third kappa shape index (κ3) is 8.22. The number of pyridine rings is 1. The minimum Gasteiger partial charge on any atom is -0.357 e. The predicted octanol–water partition coefficient (Wildman–Crippen LogP) is 4.23. The first kappa shape index (κ1) is 24.6. The molecule has 2 heterocycles. The number of likely N-dealkylation sites (tertiary alicyclic amines) is 1. The number of nitrogens with zero attached hydrogens (tertiary/aromatic N) is 3. The molecule has 0 bridgehead atoms. The molecule has 0 amide bonds. The van der Waals surface area contributed by atoms with E-state index in [0.29, 0.717) is 6.54 Å². The Bertz CT molecular complexity index is 757. The van der Waals surface area contributed by atoms with E-state index in [1.54, 1.807) is 0 Å². The summed E-state index contributed by atoms with van der Waals surface area (Å²) in [6.45, 7) is 10.3. The molecule has 1 saturated heterocycles. The maximum atomic E-state index is 4.84. The van der Waals surface area contributed by atoms with E-state index in [-0.39, 0.29) is 24.0 Å². The number of nitrogens with one attached hydrogen (secondary N) is 2.